The van der Waals surface area contributed by atoms with Crippen molar-refractivity contribution in [3.63, 3.8) is 0 Å². The van der Waals surface area contributed by atoms with Crippen molar-refractivity contribution in [3.8, 4) is 5.88 Å². The Morgan fingerprint density at radius 2 is 2.33 bits per heavy atom. The molecule has 1 aliphatic heterocycles. The molecule has 1 N–H and O–H groups in total. The van der Waals surface area contributed by atoms with Gasteiger partial charge in [0.15, 0.2) is 0 Å². The summed E-state index contributed by atoms with van der Waals surface area (Å²) >= 11 is 0. The first-order valence-electron chi connectivity index (χ1n) is 4.11. The fraction of sp³-hybridized carbons (Fsp3) is 0.444. The molecule has 2 heterocycles. The predicted octanol–water partition coefficient (Wildman–Crippen LogP) is 0.775. The molecule has 0 bridgehead atoms. The number of fused-ring (bicyclic) bond motifs is 1. The molecular weight excluding hydrogens is 152 g/mol. The molecule has 3 heteroatoms. The first-order valence-corrected chi connectivity index (χ1v) is 4.11. The molecule has 0 saturated carbocycles. The number of nitrogens with zero attached hydrogens (tertiary/aromatic N) is 2. The Hall–Kier alpha value is -1.09. The Balaban J connectivity index is 2.37. The number of pyridine rings is 1. The van der Waals surface area contributed by atoms with Crippen LogP contribution in [0.5, 0.6) is 5.88 Å². The predicted molar refractivity (Wildman–Crippen MR) is 45.9 cm³/mol. The van der Waals surface area contributed by atoms with Crippen LogP contribution in [0.2, 0.25) is 0 Å². The first kappa shape index (κ1) is 7.55. The molecule has 0 amide bonds. The molecule has 0 unspecified atom stereocenters. The van der Waals surface area contributed by atoms with Crippen LogP contribution in [-0.2, 0) is 13.0 Å². The molecule has 0 spiro atoms. The van der Waals surface area contributed by atoms with Crippen LogP contribution >= 0.6 is 0 Å². The average Bonchev–Trinajstić information content (AvgIpc) is 2.05. The van der Waals surface area contributed by atoms with Gasteiger partial charge in [0.1, 0.15) is 0 Å². The Morgan fingerprint density at radius 1 is 1.50 bits per heavy atom. The van der Waals surface area contributed by atoms with Crippen LogP contribution in [0.3, 0.4) is 0 Å². The summed E-state index contributed by atoms with van der Waals surface area (Å²) in [6.45, 7) is 2.01. The number of rotatable bonds is 0. The lowest BCUT2D eigenvalue weighted by molar-refractivity contribution is 0.311. The standard InChI is InChI=1S/C9H12N2O/c1-11-3-2-7-4-9(12)10-5-8(7)6-11/h4-5H,2-3,6H2,1H3,(H,10,12). The van der Waals surface area contributed by atoms with E-state index >= 15 is 0 Å². The molecule has 1 aromatic rings. The van der Waals surface area contributed by atoms with Crippen molar-refractivity contribution in [3.05, 3.63) is 23.4 Å². The summed E-state index contributed by atoms with van der Waals surface area (Å²) in [5.74, 6) is 0.137. The molecule has 1 aromatic heterocycles. The fourth-order valence-corrected chi connectivity index (χ4v) is 1.57. The van der Waals surface area contributed by atoms with Crippen molar-refractivity contribution in [1.29, 1.82) is 0 Å². The molecule has 0 radical (unpaired) electrons. The molecule has 0 aromatic carbocycles. The third-order valence-corrected chi connectivity index (χ3v) is 2.27. The van der Waals surface area contributed by atoms with E-state index in [9.17, 15) is 0 Å². The minimum atomic E-state index is 0.137. The van der Waals surface area contributed by atoms with E-state index in [0.29, 0.717) is 0 Å². The van der Waals surface area contributed by atoms with Crippen LogP contribution in [0, 0.1) is 0 Å². The SMILES string of the molecule is CN1CCc2cc(O)ncc2C1. The zero-order valence-corrected chi connectivity index (χ0v) is 7.12. The maximum Gasteiger partial charge on any atom is 0.210 e. The van der Waals surface area contributed by atoms with Crippen molar-refractivity contribution in [2.75, 3.05) is 13.6 Å². The Bertz CT molecular complexity index is 299. The van der Waals surface area contributed by atoms with E-state index in [1.54, 1.807) is 12.3 Å². The van der Waals surface area contributed by atoms with Gasteiger partial charge >= 0.3 is 0 Å². The molecule has 0 atom stereocenters. The van der Waals surface area contributed by atoms with Crippen molar-refractivity contribution in [2.24, 2.45) is 0 Å². The van der Waals surface area contributed by atoms with Crippen molar-refractivity contribution in [2.45, 2.75) is 13.0 Å². The van der Waals surface area contributed by atoms with Crippen molar-refractivity contribution >= 4 is 0 Å². The number of aromatic hydroxyl groups is 1. The van der Waals surface area contributed by atoms with Gasteiger partial charge in [-0.2, -0.15) is 0 Å². The van der Waals surface area contributed by atoms with E-state index < -0.39 is 0 Å². The molecule has 0 fully saturated rings. The average molecular weight is 164 g/mol. The summed E-state index contributed by atoms with van der Waals surface area (Å²) in [6.07, 6.45) is 2.78. The Morgan fingerprint density at radius 3 is 3.17 bits per heavy atom. The third-order valence-electron chi connectivity index (χ3n) is 2.27. The van der Waals surface area contributed by atoms with Gasteiger partial charge in [-0.3, -0.25) is 0 Å². The van der Waals surface area contributed by atoms with Gasteiger partial charge < -0.3 is 10.0 Å². The second-order valence-corrected chi connectivity index (χ2v) is 3.30. The summed E-state index contributed by atoms with van der Waals surface area (Å²) in [4.78, 5) is 6.11. The number of likely N-dealkylation sites (N-methyl/N-ethyl adjacent to an activating group) is 1. The molecule has 3 nitrogen and oxygen atoms in total. The zero-order valence-electron chi connectivity index (χ0n) is 7.12. The number of aromatic nitrogens is 1. The summed E-state index contributed by atoms with van der Waals surface area (Å²) in [5, 5.41) is 9.13. The Kier molecular flexibility index (Phi) is 1.73. The van der Waals surface area contributed by atoms with Crippen molar-refractivity contribution in [1.82, 2.24) is 9.88 Å². The van der Waals surface area contributed by atoms with Crippen LogP contribution < -0.4 is 0 Å². The number of hydrogen-bond donors (Lipinski definition) is 1. The minimum absolute atomic E-state index is 0.137. The highest BCUT2D eigenvalue weighted by Crippen LogP contribution is 2.19. The summed E-state index contributed by atoms with van der Waals surface area (Å²) < 4.78 is 0. The smallest absolute Gasteiger partial charge is 0.210 e. The van der Waals surface area contributed by atoms with Gasteiger partial charge in [0, 0.05) is 25.4 Å². The molecule has 12 heavy (non-hydrogen) atoms. The van der Waals surface area contributed by atoms with E-state index in [1.807, 2.05) is 0 Å². The van der Waals surface area contributed by atoms with Gasteiger partial charge in [-0.15, -0.1) is 0 Å². The van der Waals surface area contributed by atoms with E-state index in [0.717, 1.165) is 19.5 Å². The maximum atomic E-state index is 9.13. The molecule has 1 aliphatic rings. The molecule has 2 rings (SSSR count). The third kappa shape index (κ3) is 1.28. The second-order valence-electron chi connectivity index (χ2n) is 3.30. The second kappa shape index (κ2) is 2.75. The van der Waals surface area contributed by atoms with E-state index in [4.69, 9.17) is 5.11 Å². The lowest BCUT2D eigenvalue weighted by Gasteiger charge is -2.24. The quantitative estimate of drug-likeness (QED) is 0.615. The molecule has 0 saturated heterocycles. The van der Waals surface area contributed by atoms with E-state index in [1.165, 1.54) is 11.1 Å². The first-order chi connectivity index (χ1) is 5.75. The summed E-state index contributed by atoms with van der Waals surface area (Å²) in [6, 6.07) is 1.77. The lowest BCUT2D eigenvalue weighted by Crippen LogP contribution is -2.26. The van der Waals surface area contributed by atoms with Crippen molar-refractivity contribution < 1.29 is 5.11 Å². The van der Waals surface area contributed by atoms with Gasteiger partial charge in [0.2, 0.25) is 5.88 Å². The largest absolute Gasteiger partial charge is 0.493 e. The van der Waals surface area contributed by atoms with Crippen LogP contribution in [0.1, 0.15) is 11.1 Å². The highest BCUT2D eigenvalue weighted by atomic mass is 16.3. The zero-order chi connectivity index (χ0) is 8.55. The fourth-order valence-electron chi connectivity index (χ4n) is 1.57. The minimum Gasteiger partial charge on any atom is -0.493 e. The Labute approximate surface area is 71.7 Å². The van der Waals surface area contributed by atoms with Gasteiger partial charge in [-0.05, 0) is 24.6 Å². The van der Waals surface area contributed by atoms with Crippen LogP contribution in [-0.4, -0.2) is 28.6 Å². The van der Waals surface area contributed by atoms with Gasteiger partial charge in [-0.25, -0.2) is 4.98 Å². The van der Waals surface area contributed by atoms with Gasteiger partial charge in [-0.1, -0.05) is 0 Å². The summed E-state index contributed by atoms with van der Waals surface area (Å²) in [5.41, 5.74) is 2.47. The summed E-state index contributed by atoms with van der Waals surface area (Å²) in [7, 11) is 2.09. The van der Waals surface area contributed by atoms with E-state index in [2.05, 4.69) is 16.9 Å². The van der Waals surface area contributed by atoms with Crippen LogP contribution in [0.4, 0.5) is 0 Å². The topological polar surface area (TPSA) is 36.4 Å². The van der Waals surface area contributed by atoms with E-state index in [-0.39, 0.29) is 5.88 Å². The molecule has 0 aliphatic carbocycles. The monoisotopic (exact) mass is 164 g/mol. The van der Waals surface area contributed by atoms with Gasteiger partial charge in [0.25, 0.3) is 0 Å². The van der Waals surface area contributed by atoms with Gasteiger partial charge in [0.05, 0.1) is 0 Å². The maximum absolute atomic E-state index is 9.13. The molecular formula is C9H12N2O. The van der Waals surface area contributed by atoms with Crippen LogP contribution in [0.25, 0.3) is 0 Å². The number of hydrogen-bond acceptors (Lipinski definition) is 3. The highest BCUT2D eigenvalue weighted by Gasteiger charge is 2.13. The highest BCUT2D eigenvalue weighted by molar-refractivity contribution is 5.30. The normalized spacial score (nSPS) is 17.4. The molecule has 64 valence electrons. The van der Waals surface area contributed by atoms with Crippen LogP contribution in [0.15, 0.2) is 12.3 Å². The lowest BCUT2D eigenvalue weighted by atomic mass is 10.0.